The Kier molecular flexibility index (Phi) is 6.63. The second kappa shape index (κ2) is 9.19. The molecule has 0 aromatic heterocycles. The van der Waals surface area contributed by atoms with E-state index in [9.17, 15) is 23.2 Å². The van der Waals surface area contributed by atoms with Crippen molar-refractivity contribution in [2.24, 2.45) is 5.16 Å². The fourth-order valence-corrected chi connectivity index (χ4v) is 3.50. The van der Waals surface area contributed by atoms with Gasteiger partial charge in [0.1, 0.15) is 22.9 Å². The van der Waals surface area contributed by atoms with E-state index in [2.05, 4.69) is 10.5 Å². The number of oxime groups is 1. The van der Waals surface area contributed by atoms with Crippen molar-refractivity contribution >= 4 is 23.5 Å². The summed E-state index contributed by atoms with van der Waals surface area (Å²) in [6.45, 7) is 2.74. The number of piperidine rings is 1. The Morgan fingerprint density at radius 1 is 1.20 bits per heavy atom. The number of benzene rings is 1. The van der Waals surface area contributed by atoms with Crippen molar-refractivity contribution in [2.75, 3.05) is 26.2 Å². The lowest BCUT2D eigenvalue weighted by Crippen LogP contribution is -2.47. The maximum atomic E-state index is 13.4. The third-order valence-electron chi connectivity index (χ3n) is 5.09. The summed E-state index contributed by atoms with van der Waals surface area (Å²) in [5.74, 6) is -2.88. The van der Waals surface area contributed by atoms with Crippen molar-refractivity contribution in [1.29, 1.82) is 0 Å². The highest BCUT2D eigenvalue weighted by Crippen LogP contribution is 2.35. The van der Waals surface area contributed by atoms with E-state index in [0.717, 1.165) is 12.1 Å². The van der Waals surface area contributed by atoms with Crippen LogP contribution in [0.5, 0.6) is 0 Å². The van der Waals surface area contributed by atoms with E-state index in [1.165, 1.54) is 4.90 Å². The van der Waals surface area contributed by atoms with Gasteiger partial charge in [-0.3, -0.25) is 14.4 Å². The molecule has 1 N–H and O–H groups in total. The molecule has 2 aliphatic heterocycles. The number of halogens is 2. The van der Waals surface area contributed by atoms with E-state index >= 15 is 0 Å². The minimum absolute atomic E-state index is 0.0475. The van der Waals surface area contributed by atoms with Crippen LogP contribution in [0.1, 0.15) is 43.0 Å². The summed E-state index contributed by atoms with van der Waals surface area (Å²) in [5.41, 5.74) is -0.503. The van der Waals surface area contributed by atoms with Gasteiger partial charge in [-0.1, -0.05) is 5.16 Å². The second-order valence-electron chi connectivity index (χ2n) is 7.25. The topological polar surface area (TPSA) is 97.3 Å². The Labute approximate surface area is 172 Å². The van der Waals surface area contributed by atoms with E-state index in [-0.39, 0.29) is 37.3 Å². The molecule has 162 valence electrons. The van der Waals surface area contributed by atoms with Gasteiger partial charge in [-0.25, -0.2) is 8.78 Å². The third kappa shape index (κ3) is 5.11. The van der Waals surface area contributed by atoms with E-state index < -0.39 is 35.0 Å². The first-order chi connectivity index (χ1) is 14.3. The number of nitrogens with zero attached hydrogens (tertiary/aromatic N) is 2. The fraction of sp³-hybridized carbons (Fsp3) is 0.500. The maximum absolute atomic E-state index is 13.4. The molecule has 30 heavy (non-hydrogen) atoms. The number of rotatable bonds is 6. The molecule has 3 rings (SSSR count). The number of carbonyl (C=O) groups excluding carboxylic acids is 3. The van der Waals surface area contributed by atoms with E-state index in [4.69, 9.17) is 9.57 Å². The third-order valence-corrected chi connectivity index (χ3v) is 5.09. The lowest BCUT2D eigenvalue weighted by Gasteiger charge is -2.37. The number of likely N-dealkylation sites (tertiary alicyclic amines) is 1. The van der Waals surface area contributed by atoms with Crippen LogP contribution in [0.15, 0.2) is 23.4 Å². The van der Waals surface area contributed by atoms with Crippen molar-refractivity contribution in [2.45, 2.75) is 38.2 Å². The van der Waals surface area contributed by atoms with Crippen molar-refractivity contribution in [3.05, 3.63) is 35.4 Å². The van der Waals surface area contributed by atoms with Crippen LogP contribution >= 0.6 is 0 Å². The molecule has 0 saturated carbocycles. The molecule has 1 aromatic rings. The van der Waals surface area contributed by atoms with E-state index in [0.29, 0.717) is 32.0 Å². The first-order valence-corrected chi connectivity index (χ1v) is 9.76. The highest BCUT2D eigenvalue weighted by Gasteiger charge is 2.44. The minimum atomic E-state index is -0.807. The van der Waals surface area contributed by atoms with Crippen molar-refractivity contribution in [3.8, 4) is 0 Å². The van der Waals surface area contributed by atoms with Crippen LogP contribution < -0.4 is 5.32 Å². The molecule has 1 saturated heterocycles. The normalized spacial score (nSPS) is 17.3. The molecule has 0 atom stereocenters. The number of amides is 2. The van der Waals surface area contributed by atoms with Crippen LogP contribution in [-0.2, 0) is 19.2 Å². The second-order valence-corrected chi connectivity index (χ2v) is 7.25. The highest BCUT2D eigenvalue weighted by atomic mass is 19.1. The number of hydrogen-bond acceptors (Lipinski definition) is 6. The Bertz CT molecular complexity index is 846. The van der Waals surface area contributed by atoms with Crippen LogP contribution in [0.4, 0.5) is 8.78 Å². The summed E-state index contributed by atoms with van der Waals surface area (Å²) < 4.78 is 31.5. The Morgan fingerprint density at radius 3 is 2.50 bits per heavy atom. The SMILES string of the molecule is CCOC(=O)CCNC(=O)C1=NOC2(CCN(C(=O)c3cc(F)cc(F)c3)CC2)C1. The van der Waals surface area contributed by atoms with E-state index in [1.807, 2.05) is 0 Å². The first-order valence-electron chi connectivity index (χ1n) is 9.76. The summed E-state index contributed by atoms with van der Waals surface area (Å²) in [6, 6.07) is 2.72. The molecule has 2 amide bonds. The molecule has 0 bridgehead atoms. The highest BCUT2D eigenvalue weighted by molar-refractivity contribution is 6.39. The van der Waals surface area contributed by atoms with E-state index in [1.54, 1.807) is 6.92 Å². The number of carbonyl (C=O) groups is 3. The summed E-state index contributed by atoms with van der Waals surface area (Å²) in [4.78, 5) is 43.1. The van der Waals surface area contributed by atoms with Gasteiger partial charge < -0.3 is 19.8 Å². The van der Waals surface area contributed by atoms with Crippen LogP contribution in [0.2, 0.25) is 0 Å². The van der Waals surface area contributed by atoms with Crippen LogP contribution in [-0.4, -0.2) is 60.2 Å². The number of ether oxygens (including phenoxy) is 1. The Hall–Kier alpha value is -3.04. The van der Waals surface area contributed by atoms with Crippen LogP contribution in [0.3, 0.4) is 0 Å². The predicted molar refractivity (Wildman–Crippen MR) is 102 cm³/mol. The van der Waals surface area contributed by atoms with Crippen molar-refractivity contribution in [1.82, 2.24) is 10.2 Å². The molecule has 0 aliphatic carbocycles. The number of nitrogens with one attached hydrogen (secondary N) is 1. The van der Waals surface area contributed by atoms with Gasteiger partial charge in [-0.2, -0.15) is 0 Å². The lowest BCUT2D eigenvalue weighted by atomic mass is 9.86. The summed E-state index contributed by atoms with van der Waals surface area (Å²) in [5, 5.41) is 6.49. The molecule has 10 heteroatoms. The standard InChI is InChI=1S/C20H23F2N3O5/c1-2-29-17(26)3-6-23-18(27)16-12-20(30-24-16)4-7-25(8-5-20)19(28)13-9-14(21)11-15(22)10-13/h9-11H,2-8,12H2,1H3,(H,23,27). The zero-order valence-electron chi connectivity index (χ0n) is 16.6. The van der Waals surface area contributed by atoms with Gasteiger partial charge in [0, 0.05) is 50.5 Å². The van der Waals surface area contributed by atoms with Gasteiger partial charge in [0.05, 0.1) is 13.0 Å². The summed E-state index contributed by atoms with van der Waals surface area (Å²) >= 11 is 0. The molecule has 0 unspecified atom stereocenters. The largest absolute Gasteiger partial charge is 0.466 e. The molecular weight excluding hydrogens is 400 g/mol. The smallest absolute Gasteiger partial charge is 0.307 e. The van der Waals surface area contributed by atoms with Gasteiger partial charge in [-0.05, 0) is 19.1 Å². The molecule has 1 spiro atoms. The van der Waals surface area contributed by atoms with Crippen LogP contribution in [0, 0.1) is 11.6 Å². The van der Waals surface area contributed by atoms with Crippen molar-refractivity contribution < 1.29 is 32.7 Å². The first kappa shape index (κ1) is 21.7. The van der Waals surface area contributed by atoms with Gasteiger partial charge in [0.15, 0.2) is 0 Å². The Morgan fingerprint density at radius 2 is 1.87 bits per heavy atom. The van der Waals surface area contributed by atoms with Crippen molar-refractivity contribution in [3.63, 3.8) is 0 Å². The predicted octanol–water partition coefficient (Wildman–Crippen LogP) is 1.79. The molecule has 2 aliphatic rings. The molecule has 8 nitrogen and oxygen atoms in total. The maximum Gasteiger partial charge on any atom is 0.307 e. The van der Waals surface area contributed by atoms with Gasteiger partial charge in [0.2, 0.25) is 0 Å². The molecule has 0 radical (unpaired) electrons. The average Bonchev–Trinajstić information content (AvgIpc) is 3.11. The fourth-order valence-electron chi connectivity index (χ4n) is 3.50. The molecule has 1 fully saturated rings. The minimum Gasteiger partial charge on any atom is -0.466 e. The monoisotopic (exact) mass is 423 g/mol. The zero-order chi connectivity index (χ0) is 21.7. The van der Waals surface area contributed by atoms with Gasteiger partial charge in [-0.15, -0.1) is 0 Å². The molecule has 1 aromatic carbocycles. The summed E-state index contributed by atoms with van der Waals surface area (Å²) in [6.07, 6.45) is 1.21. The van der Waals surface area contributed by atoms with Gasteiger partial charge in [0.25, 0.3) is 11.8 Å². The average molecular weight is 423 g/mol. The van der Waals surface area contributed by atoms with Gasteiger partial charge >= 0.3 is 5.97 Å². The quantitative estimate of drug-likeness (QED) is 0.704. The Balaban J connectivity index is 1.48. The lowest BCUT2D eigenvalue weighted by molar-refractivity contribution is -0.142. The molecule has 2 heterocycles. The molecular formula is C20H23F2N3O5. The number of esters is 1. The zero-order valence-corrected chi connectivity index (χ0v) is 16.6. The van der Waals surface area contributed by atoms with Crippen LogP contribution in [0.25, 0.3) is 0 Å². The number of hydrogen-bond donors (Lipinski definition) is 1. The summed E-state index contributed by atoms with van der Waals surface area (Å²) in [7, 11) is 0.